The predicted molar refractivity (Wildman–Crippen MR) is 88.3 cm³/mol. The summed E-state index contributed by atoms with van der Waals surface area (Å²) in [5.41, 5.74) is 1.90. The SMILES string of the molecule is CN(CC1CCCO1)C(=O)Cc1ccc(N2CCCC2=O)cc1. The van der Waals surface area contributed by atoms with E-state index in [0.29, 0.717) is 19.4 Å². The molecular weight excluding hydrogens is 292 g/mol. The number of benzene rings is 1. The second kappa shape index (κ2) is 7.13. The lowest BCUT2D eigenvalue weighted by molar-refractivity contribution is -0.130. The maximum absolute atomic E-state index is 12.3. The number of likely N-dealkylation sites (N-methyl/N-ethyl adjacent to an activating group) is 1. The van der Waals surface area contributed by atoms with Crippen LogP contribution in [0.3, 0.4) is 0 Å². The van der Waals surface area contributed by atoms with Gasteiger partial charge in [-0.25, -0.2) is 0 Å². The van der Waals surface area contributed by atoms with Gasteiger partial charge in [0.15, 0.2) is 0 Å². The molecule has 2 heterocycles. The van der Waals surface area contributed by atoms with Crippen molar-refractivity contribution in [3.63, 3.8) is 0 Å². The van der Waals surface area contributed by atoms with Crippen molar-refractivity contribution in [3.8, 4) is 0 Å². The van der Waals surface area contributed by atoms with Gasteiger partial charge >= 0.3 is 0 Å². The smallest absolute Gasteiger partial charge is 0.227 e. The quantitative estimate of drug-likeness (QED) is 0.835. The molecule has 0 aliphatic carbocycles. The molecule has 124 valence electrons. The van der Waals surface area contributed by atoms with Crippen molar-refractivity contribution in [1.29, 1.82) is 0 Å². The summed E-state index contributed by atoms with van der Waals surface area (Å²) in [6.07, 6.45) is 4.26. The van der Waals surface area contributed by atoms with Crippen molar-refractivity contribution in [3.05, 3.63) is 29.8 Å². The highest BCUT2D eigenvalue weighted by Crippen LogP contribution is 2.22. The van der Waals surface area contributed by atoms with Crippen molar-refractivity contribution >= 4 is 17.5 Å². The molecule has 2 saturated heterocycles. The lowest BCUT2D eigenvalue weighted by atomic mass is 10.1. The van der Waals surface area contributed by atoms with E-state index >= 15 is 0 Å². The second-order valence-corrected chi connectivity index (χ2v) is 6.40. The average Bonchev–Trinajstić information content (AvgIpc) is 3.19. The molecule has 5 nitrogen and oxygen atoms in total. The number of amides is 2. The third-order valence-corrected chi connectivity index (χ3v) is 4.60. The molecule has 0 N–H and O–H groups in total. The van der Waals surface area contributed by atoms with Crippen LogP contribution >= 0.6 is 0 Å². The first-order valence-corrected chi connectivity index (χ1v) is 8.38. The minimum Gasteiger partial charge on any atom is -0.376 e. The number of carbonyl (C=O) groups is 2. The Morgan fingerprint density at radius 3 is 2.70 bits per heavy atom. The van der Waals surface area contributed by atoms with Gasteiger partial charge in [0.1, 0.15) is 0 Å². The molecule has 23 heavy (non-hydrogen) atoms. The summed E-state index contributed by atoms with van der Waals surface area (Å²) in [6.45, 7) is 2.27. The molecule has 0 bridgehead atoms. The summed E-state index contributed by atoms with van der Waals surface area (Å²) in [5.74, 6) is 0.288. The highest BCUT2D eigenvalue weighted by molar-refractivity contribution is 5.95. The van der Waals surface area contributed by atoms with Crippen molar-refractivity contribution in [1.82, 2.24) is 4.90 Å². The Morgan fingerprint density at radius 1 is 1.30 bits per heavy atom. The van der Waals surface area contributed by atoms with Gasteiger partial charge in [-0.2, -0.15) is 0 Å². The Morgan fingerprint density at radius 2 is 2.09 bits per heavy atom. The summed E-state index contributed by atoms with van der Waals surface area (Å²) in [5, 5.41) is 0. The zero-order chi connectivity index (χ0) is 16.2. The number of nitrogens with zero attached hydrogens (tertiary/aromatic N) is 2. The summed E-state index contributed by atoms with van der Waals surface area (Å²) in [4.78, 5) is 27.6. The minimum atomic E-state index is 0.102. The van der Waals surface area contributed by atoms with E-state index in [1.54, 1.807) is 4.90 Å². The van der Waals surface area contributed by atoms with E-state index in [1.807, 2.05) is 36.2 Å². The standard InChI is InChI=1S/C18H24N2O3/c1-19(13-16-4-3-11-23-16)18(22)12-14-6-8-15(9-7-14)20-10-2-5-17(20)21/h6-9,16H,2-5,10-13H2,1H3. The highest BCUT2D eigenvalue weighted by atomic mass is 16.5. The number of ether oxygens (including phenoxy) is 1. The first kappa shape index (κ1) is 16.0. The van der Waals surface area contributed by atoms with Gasteiger partial charge in [0.05, 0.1) is 12.5 Å². The molecule has 5 heteroatoms. The normalized spacial score (nSPS) is 21.0. The van der Waals surface area contributed by atoms with E-state index in [2.05, 4.69) is 0 Å². The largest absolute Gasteiger partial charge is 0.376 e. The molecule has 0 spiro atoms. The fourth-order valence-corrected chi connectivity index (χ4v) is 3.22. The van der Waals surface area contributed by atoms with E-state index in [4.69, 9.17) is 4.74 Å². The fourth-order valence-electron chi connectivity index (χ4n) is 3.22. The molecule has 2 fully saturated rings. The minimum absolute atomic E-state index is 0.102. The summed E-state index contributed by atoms with van der Waals surface area (Å²) in [6, 6.07) is 7.76. The first-order valence-electron chi connectivity index (χ1n) is 8.38. The third-order valence-electron chi connectivity index (χ3n) is 4.60. The van der Waals surface area contributed by atoms with Gasteiger partial charge in [-0.3, -0.25) is 9.59 Å². The van der Waals surface area contributed by atoms with Crippen LogP contribution < -0.4 is 4.90 Å². The average molecular weight is 316 g/mol. The van der Waals surface area contributed by atoms with Crippen molar-refractivity contribution < 1.29 is 14.3 Å². The van der Waals surface area contributed by atoms with Gasteiger partial charge in [0.25, 0.3) is 0 Å². The molecule has 0 aromatic heterocycles. The topological polar surface area (TPSA) is 49.9 Å². The van der Waals surface area contributed by atoms with Crippen LogP contribution in [0.5, 0.6) is 0 Å². The molecule has 1 aromatic rings. The number of rotatable bonds is 5. The van der Waals surface area contributed by atoms with Gasteiger partial charge < -0.3 is 14.5 Å². The van der Waals surface area contributed by atoms with Gasteiger partial charge in [-0.1, -0.05) is 12.1 Å². The number of hydrogen-bond acceptors (Lipinski definition) is 3. The van der Waals surface area contributed by atoms with E-state index < -0.39 is 0 Å². The molecule has 1 aromatic carbocycles. The van der Waals surface area contributed by atoms with Crippen LogP contribution in [-0.4, -0.2) is 49.6 Å². The zero-order valence-corrected chi connectivity index (χ0v) is 13.7. The molecule has 0 saturated carbocycles. The van der Waals surface area contributed by atoms with Crippen LogP contribution in [0.4, 0.5) is 5.69 Å². The molecule has 1 atom stereocenters. The van der Waals surface area contributed by atoms with Crippen molar-refractivity contribution in [2.75, 3.05) is 31.6 Å². The number of anilines is 1. The maximum Gasteiger partial charge on any atom is 0.227 e. The Kier molecular flexibility index (Phi) is 4.96. The van der Waals surface area contributed by atoms with Crippen LogP contribution in [0, 0.1) is 0 Å². The molecule has 2 aliphatic heterocycles. The third kappa shape index (κ3) is 3.91. The van der Waals surface area contributed by atoms with Crippen molar-refractivity contribution in [2.24, 2.45) is 0 Å². The summed E-state index contributed by atoms with van der Waals surface area (Å²) < 4.78 is 5.58. The Labute approximate surface area is 137 Å². The molecule has 2 aliphatic rings. The summed E-state index contributed by atoms with van der Waals surface area (Å²) >= 11 is 0. The number of carbonyl (C=O) groups excluding carboxylic acids is 2. The number of hydrogen-bond donors (Lipinski definition) is 0. The van der Waals surface area contributed by atoms with E-state index in [-0.39, 0.29) is 17.9 Å². The van der Waals surface area contributed by atoms with Crippen LogP contribution in [0.2, 0.25) is 0 Å². The second-order valence-electron chi connectivity index (χ2n) is 6.40. The Balaban J connectivity index is 1.54. The van der Waals surface area contributed by atoms with Crippen LogP contribution in [0.1, 0.15) is 31.2 Å². The Bertz CT molecular complexity index is 564. The van der Waals surface area contributed by atoms with E-state index in [1.165, 1.54) is 0 Å². The predicted octanol–water partition coefficient (Wildman–Crippen LogP) is 1.99. The fraction of sp³-hybridized carbons (Fsp3) is 0.556. The molecule has 2 amide bonds. The monoisotopic (exact) mass is 316 g/mol. The van der Waals surface area contributed by atoms with Gasteiger partial charge in [-0.05, 0) is 37.0 Å². The van der Waals surface area contributed by atoms with Gasteiger partial charge in [0, 0.05) is 38.9 Å². The lowest BCUT2D eigenvalue weighted by Crippen LogP contribution is -2.35. The molecule has 1 unspecified atom stereocenters. The molecule has 0 radical (unpaired) electrons. The van der Waals surface area contributed by atoms with Gasteiger partial charge in [0.2, 0.25) is 11.8 Å². The summed E-state index contributed by atoms with van der Waals surface area (Å²) in [7, 11) is 1.83. The van der Waals surface area contributed by atoms with E-state index in [9.17, 15) is 9.59 Å². The van der Waals surface area contributed by atoms with Crippen LogP contribution in [-0.2, 0) is 20.7 Å². The lowest BCUT2D eigenvalue weighted by Gasteiger charge is -2.21. The zero-order valence-electron chi connectivity index (χ0n) is 13.7. The van der Waals surface area contributed by atoms with Crippen molar-refractivity contribution in [2.45, 2.75) is 38.2 Å². The van der Waals surface area contributed by atoms with Gasteiger partial charge in [-0.15, -0.1) is 0 Å². The Hall–Kier alpha value is -1.88. The van der Waals surface area contributed by atoms with E-state index in [0.717, 1.165) is 43.7 Å². The molecular formula is C18H24N2O3. The van der Waals surface area contributed by atoms with Crippen LogP contribution in [0.25, 0.3) is 0 Å². The highest BCUT2D eigenvalue weighted by Gasteiger charge is 2.22. The first-order chi connectivity index (χ1) is 11.1. The molecule has 3 rings (SSSR count). The van der Waals surface area contributed by atoms with Crippen LogP contribution in [0.15, 0.2) is 24.3 Å². The maximum atomic E-state index is 12.3.